The molecule has 1 atom stereocenters. The molecule has 0 saturated heterocycles. The summed E-state index contributed by atoms with van der Waals surface area (Å²) in [5.41, 5.74) is 3.71. The summed E-state index contributed by atoms with van der Waals surface area (Å²) in [6, 6.07) is 7.71. The molecule has 3 heteroatoms. The fourth-order valence-corrected chi connectivity index (χ4v) is 2.80. The van der Waals surface area contributed by atoms with E-state index in [4.69, 9.17) is 0 Å². The molecule has 1 aliphatic carbocycles. The number of aryl methyl sites for hydroxylation is 2. The van der Waals surface area contributed by atoms with Crippen molar-refractivity contribution in [2.75, 3.05) is 0 Å². The Bertz CT molecular complexity index is 622. The molecule has 0 saturated carbocycles. The number of aromatic nitrogens is 2. The van der Waals surface area contributed by atoms with Gasteiger partial charge in [0.2, 0.25) is 0 Å². The zero-order chi connectivity index (χ0) is 13.2. The van der Waals surface area contributed by atoms with Crippen molar-refractivity contribution in [1.29, 1.82) is 0 Å². The van der Waals surface area contributed by atoms with E-state index in [1.807, 2.05) is 25.1 Å². The molecule has 2 heterocycles. The van der Waals surface area contributed by atoms with E-state index in [1.165, 1.54) is 5.56 Å². The minimum absolute atomic E-state index is 0.104. The largest absolute Gasteiger partial charge is 0.293 e. The molecule has 0 amide bonds. The normalized spacial score (nSPS) is 17.8. The molecular formula is C16H16N2O. The molecule has 96 valence electrons. The van der Waals surface area contributed by atoms with Gasteiger partial charge in [0.25, 0.3) is 0 Å². The van der Waals surface area contributed by atoms with E-state index in [0.717, 1.165) is 36.2 Å². The summed E-state index contributed by atoms with van der Waals surface area (Å²) in [5.74, 6) is 0.0538. The van der Waals surface area contributed by atoms with Gasteiger partial charge in [-0.1, -0.05) is 6.07 Å². The molecule has 0 aliphatic heterocycles. The quantitative estimate of drug-likeness (QED) is 0.771. The first-order valence-corrected chi connectivity index (χ1v) is 6.67. The number of pyridine rings is 2. The number of carbonyl (C=O) groups is 1. The van der Waals surface area contributed by atoms with Crippen molar-refractivity contribution in [3.63, 3.8) is 0 Å². The Morgan fingerprint density at radius 3 is 2.84 bits per heavy atom. The average molecular weight is 252 g/mol. The maximum Gasteiger partial charge on any atom is 0.173 e. The van der Waals surface area contributed by atoms with Crippen LogP contribution in [0, 0.1) is 6.92 Å². The SMILES string of the molecule is Cc1ncccc1C(=O)C1CCCc2cccnc21. The maximum atomic E-state index is 12.7. The number of hydrogen-bond donors (Lipinski definition) is 0. The fourth-order valence-electron chi connectivity index (χ4n) is 2.80. The highest BCUT2D eigenvalue weighted by Gasteiger charge is 2.29. The molecule has 0 N–H and O–H groups in total. The molecule has 0 radical (unpaired) electrons. The molecule has 0 aromatic carbocycles. The van der Waals surface area contributed by atoms with Crippen LogP contribution >= 0.6 is 0 Å². The van der Waals surface area contributed by atoms with E-state index < -0.39 is 0 Å². The molecule has 1 unspecified atom stereocenters. The van der Waals surface area contributed by atoms with Crippen LogP contribution in [0.2, 0.25) is 0 Å². The van der Waals surface area contributed by atoms with Gasteiger partial charge in [-0.05, 0) is 49.9 Å². The summed E-state index contributed by atoms with van der Waals surface area (Å²) in [5, 5.41) is 0. The summed E-state index contributed by atoms with van der Waals surface area (Å²) >= 11 is 0. The van der Waals surface area contributed by atoms with E-state index in [-0.39, 0.29) is 11.7 Å². The summed E-state index contributed by atoms with van der Waals surface area (Å²) in [6.45, 7) is 1.88. The Kier molecular flexibility index (Phi) is 3.11. The number of rotatable bonds is 2. The van der Waals surface area contributed by atoms with E-state index in [0.29, 0.717) is 0 Å². The van der Waals surface area contributed by atoms with E-state index in [1.54, 1.807) is 12.4 Å². The standard InChI is InChI=1S/C16H16N2O/c1-11-13(8-4-9-17-11)16(19)14-7-2-5-12-6-3-10-18-15(12)14/h3-4,6,8-10,14H,2,5,7H2,1H3. The third kappa shape index (κ3) is 2.16. The van der Waals surface area contributed by atoms with Crippen LogP contribution in [0.5, 0.6) is 0 Å². The van der Waals surface area contributed by atoms with Gasteiger partial charge in [0, 0.05) is 23.7 Å². The minimum atomic E-state index is -0.104. The second-order valence-corrected chi connectivity index (χ2v) is 4.99. The van der Waals surface area contributed by atoms with Gasteiger partial charge in [-0.3, -0.25) is 14.8 Å². The van der Waals surface area contributed by atoms with Crippen molar-refractivity contribution in [2.45, 2.75) is 32.1 Å². The Morgan fingerprint density at radius 1 is 1.21 bits per heavy atom. The lowest BCUT2D eigenvalue weighted by atomic mass is 9.82. The number of carbonyl (C=O) groups excluding carboxylic acids is 1. The molecule has 0 bridgehead atoms. The first kappa shape index (κ1) is 12.0. The van der Waals surface area contributed by atoms with Gasteiger partial charge >= 0.3 is 0 Å². The first-order chi connectivity index (χ1) is 9.27. The Hall–Kier alpha value is -2.03. The van der Waals surface area contributed by atoms with Gasteiger partial charge in [-0.15, -0.1) is 0 Å². The van der Waals surface area contributed by atoms with Crippen LogP contribution in [0.15, 0.2) is 36.7 Å². The van der Waals surface area contributed by atoms with Crippen molar-refractivity contribution in [2.24, 2.45) is 0 Å². The molecule has 2 aromatic rings. The number of fused-ring (bicyclic) bond motifs is 1. The molecular weight excluding hydrogens is 236 g/mol. The van der Waals surface area contributed by atoms with Gasteiger partial charge in [-0.25, -0.2) is 0 Å². The monoisotopic (exact) mass is 252 g/mol. The molecule has 3 nitrogen and oxygen atoms in total. The summed E-state index contributed by atoms with van der Waals surface area (Å²) in [7, 11) is 0. The van der Waals surface area contributed by atoms with Crippen LogP contribution in [0.4, 0.5) is 0 Å². The van der Waals surface area contributed by atoms with Crippen LogP contribution in [0.1, 0.15) is 46.1 Å². The second-order valence-electron chi connectivity index (χ2n) is 4.99. The lowest BCUT2D eigenvalue weighted by molar-refractivity contribution is 0.0948. The van der Waals surface area contributed by atoms with Crippen molar-refractivity contribution >= 4 is 5.78 Å². The van der Waals surface area contributed by atoms with Gasteiger partial charge in [0.05, 0.1) is 11.6 Å². The van der Waals surface area contributed by atoms with Crippen molar-refractivity contribution in [3.8, 4) is 0 Å². The van der Waals surface area contributed by atoms with E-state index in [9.17, 15) is 4.79 Å². The van der Waals surface area contributed by atoms with Crippen molar-refractivity contribution < 1.29 is 4.79 Å². The predicted molar refractivity (Wildman–Crippen MR) is 73.2 cm³/mol. The lowest BCUT2D eigenvalue weighted by Crippen LogP contribution is -2.21. The molecule has 1 aliphatic rings. The van der Waals surface area contributed by atoms with Crippen LogP contribution < -0.4 is 0 Å². The second kappa shape index (κ2) is 4.92. The van der Waals surface area contributed by atoms with Crippen molar-refractivity contribution in [3.05, 3.63) is 59.2 Å². The van der Waals surface area contributed by atoms with Gasteiger partial charge < -0.3 is 0 Å². The third-order valence-corrected chi connectivity index (χ3v) is 3.78. The Morgan fingerprint density at radius 2 is 2.00 bits per heavy atom. The molecule has 2 aromatic heterocycles. The summed E-state index contributed by atoms with van der Waals surface area (Å²) < 4.78 is 0. The molecule has 0 spiro atoms. The highest BCUT2D eigenvalue weighted by atomic mass is 16.1. The van der Waals surface area contributed by atoms with Gasteiger partial charge in [0.15, 0.2) is 5.78 Å². The molecule has 3 rings (SSSR count). The van der Waals surface area contributed by atoms with Crippen molar-refractivity contribution in [1.82, 2.24) is 9.97 Å². The number of nitrogens with zero attached hydrogens (tertiary/aromatic N) is 2. The highest BCUT2D eigenvalue weighted by molar-refractivity contribution is 6.01. The van der Waals surface area contributed by atoms with Crippen LogP contribution in [0.25, 0.3) is 0 Å². The first-order valence-electron chi connectivity index (χ1n) is 6.67. The fraction of sp³-hybridized carbons (Fsp3) is 0.312. The number of Topliss-reactive ketones (excluding diaryl/α,β-unsaturated/α-hetero) is 1. The lowest BCUT2D eigenvalue weighted by Gasteiger charge is -2.23. The highest BCUT2D eigenvalue weighted by Crippen LogP contribution is 2.32. The van der Waals surface area contributed by atoms with E-state index in [2.05, 4.69) is 16.0 Å². The van der Waals surface area contributed by atoms with Gasteiger partial charge in [0.1, 0.15) is 0 Å². The zero-order valence-corrected chi connectivity index (χ0v) is 11.0. The minimum Gasteiger partial charge on any atom is -0.293 e. The van der Waals surface area contributed by atoms with Gasteiger partial charge in [-0.2, -0.15) is 0 Å². The third-order valence-electron chi connectivity index (χ3n) is 3.78. The smallest absolute Gasteiger partial charge is 0.173 e. The number of hydrogen-bond acceptors (Lipinski definition) is 3. The van der Waals surface area contributed by atoms with Crippen LogP contribution in [0.3, 0.4) is 0 Å². The average Bonchev–Trinajstić information content (AvgIpc) is 2.46. The maximum absolute atomic E-state index is 12.7. The van der Waals surface area contributed by atoms with E-state index >= 15 is 0 Å². The predicted octanol–water partition coefficient (Wildman–Crippen LogP) is 3.09. The van der Waals surface area contributed by atoms with Crippen LogP contribution in [-0.2, 0) is 6.42 Å². The Labute approximate surface area is 112 Å². The Balaban J connectivity index is 2.00. The summed E-state index contributed by atoms with van der Waals surface area (Å²) in [6.07, 6.45) is 6.46. The molecule has 0 fully saturated rings. The number of ketones is 1. The zero-order valence-electron chi connectivity index (χ0n) is 11.0. The molecule has 19 heavy (non-hydrogen) atoms. The summed E-state index contributed by atoms with van der Waals surface area (Å²) in [4.78, 5) is 21.3. The topological polar surface area (TPSA) is 42.9 Å². The van der Waals surface area contributed by atoms with Crippen LogP contribution in [-0.4, -0.2) is 15.8 Å².